The van der Waals surface area contributed by atoms with Crippen molar-refractivity contribution in [2.45, 2.75) is 13.0 Å². The second kappa shape index (κ2) is 7.94. The number of rotatable bonds is 7. The molecule has 0 saturated carbocycles. The van der Waals surface area contributed by atoms with E-state index in [1.54, 1.807) is 12.1 Å². The van der Waals surface area contributed by atoms with Crippen molar-refractivity contribution in [3.63, 3.8) is 0 Å². The third kappa shape index (κ3) is 6.02. The Morgan fingerprint density at radius 2 is 1.58 bits per heavy atom. The zero-order valence-electron chi connectivity index (χ0n) is 13.6. The molecule has 0 aliphatic rings. The standard InChI is InChI=1S/C17H21N3O3S/c1-13(14-6-4-3-5-7-14)19-15-8-10-16(11-9-15)20-17(21)12-18-24(2,22)23/h3-11,13,18-19H,12H2,1-2H3,(H,20,21). The Labute approximate surface area is 142 Å². The normalized spacial score (nSPS) is 12.4. The molecule has 0 aliphatic carbocycles. The van der Waals surface area contributed by atoms with Gasteiger partial charge in [-0.2, -0.15) is 0 Å². The van der Waals surface area contributed by atoms with Crippen LogP contribution >= 0.6 is 0 Å². The van der Waals surface area contributed by atoms with Gasteiger partial charge in [-0.05, 0) is 36.8 Å². The minimum atomic E-state index is -3.38. The second-order valence-corrected chi connectivity index (χ2v) is 7.33. The molecule has 0 heterocycles. The van der Waals surface area contributed by atoms with E-state index in [0.29, 0.717) is 5.69 Å². The van der Waals surface area contributed by atoms with Crippen molar-refractivity contribution in [3.8, 4) is 0 Å². The molecule has 0 fully saturated rings. The average Bonchev–Trinajstić information content (AvgIpc) is 2.55. The van der Waals surface area contributed by atoms with Crippen LogP contribution in [0.1, 0.15) is 18.5 Å². The molecule has 0 saturated heterocycles. The molecule has 6 nitrogen and oxygen atoms in total. The van der Waals surface area contributed by atoms with E-state index in [2.05, 4.69) is 34.4 Å². The molecule has 1 atom stereocenters. The minimum absolute atomic E-state index is 0.158. The molecule has 24 heavy (non-hydrogen) atoms. The Balaban J connectivity index is 1.90. The first-order valence-corrected chi connectivity index (χ1v) is 9.39. The molecule has 7 heteroatoms. The van der Waals surface area contributed by atoms with E-state index in [-0.39, 0.29) is 12.6 Å². The zero-order valence-corrected chi connectivity index (χ0v) is 14.4. The quantitative estimate of drug-likeness (QED) is 0.717. The number of anilines is 2. The maximum absolute atomic E-state index is 11.7. The summed E-state index contributed by atoms with van der Waals surface area (Å²) in [6, 6.07) is 17.5. The van der Waals surface area contributed by atoms with Gasteiger partial charge in [-0.15, -0.1) is 0 Å². The Bertz CT molecular complexity index is 774. The van der Waals surface area contributed by atoms with E-state index in [9.17, 15) is 13.2 Å². The van der Waals surface area contributed by atoms with Crippen molar-refractivity contribution >= 4 is 27.3 Å². The lowest BCUT2D eigenvalue weighted by molar-refractivity contribution is -0.115. The molecule has 0 aliphatic heterocycles. The summed E-state index contributed by atoms with van der Waals surface area (Å²) in [4.78, 5) is 11.7. The monoisotopic (exact) mass is 347 g/mol. The van der Waals surface area contributed by atoms with Gasteiger partial charge >= 0.3 is 0 Å². The second-order valence-electron chi connectivity index (χ2n) is 5.50. The van der Waals surface area contributed by atoms with Crippen molar-refractivity contribution in [1.82, 2.24) is 4.72 Å². The number of hydrogen-bond acceptors (Lipinski definition) is 4. The summed E-state index contributed by atoms with van der Waals surface area (Å²) in [6.45, 7) is 1.78. The topological polar surface area (TPSA) is 87.3 Å². The molecule has 0 spiro atoms. The van der Waals surface area contributed by atoms with Crippen LogP contribution in [0.15, 0.2) is 54.6 Å². The third-order valence-corrected chi connectivity index (χ3v) is 4.02. The summed E-state index contributed by atoms with van der Waals surface area (Å²) in [5, 5.41) is 6.01. The van der Waals surface area contributed by atoms with Gasteiger partial charge < -0.3 is 10.6 Å². The molecular weight excluding hydrogens is 326 g/mol. The van der Waals surface area contributed by atoms with Crippen LogP contribution in [0.25, 0.3) is 0 Å². The first-order valence-electron chi connectivity index (χ1n) is 7.49. The highest BCUT2D eigenvalue weighted by Crippen LogP contribution is 2.20. The lowest BCUT2D eigenvalue weighted by Crippen LogP contribution is -2.32. The van der Waals surface area contributed by atoms with E-state index in [4.69, 9.17) is 0 Å². The Kier molecular flexibility index (Phi) is 5.94. The van der Waals surface area contributed by atoms with Crippen LogP contribution in [0.3, 0.4) is 0 Å². The fourth-order valence-electron chi connectivity index (χ4n) is 2.13. The summed E-state index contributed by atoms with van der Waals surface area (Å²) < 4.78 is 24.1. The molecule has 2 aromatic rings. The maximum atomic E-state index is 11.7. The van der Waals surface area contributed by atoms with Gasteiger partial charge in [-0.1, -0.05) is 30.3 Å². The Morgan fingerprint density at radius 3 is 2.17 bits per heavy atom. The van der Waals surface area contributed by atoms with Gasteiger partial charge in [0.05, 0.1) is 12.8 Å². The fraction of sp³-hybridized carbons (Fsp3) is 0.235. The zero-order chi connectivity index (χ0) is 17.6. The summed E-state index contributed by atoms with van der Waals surface area (Å²) >= 11 is 0. The number of nitrogens with one attached hydrogen (secondary N) is 3. The molecule has 2 aromatic carbocycles. The summed E-state index contributed by atoms with van der Waals surface area (Å²) in [7, 11) is -3.38. The van der Waals surface area contributed by atoms with Gasteiger partial charge in [0.2, 0.25) is 15.9 Å². The van der Waals surface area contributed by atoms with Crippen LogP contribution in [-0.4, -0.2) is 27.1 Å². The number of sulfonamides is 1. The molecule has 2 rings (SSSR count). The first kappa shape index (κ1) is 18.0. The molecular formula is C17H21N3O3S. The summed E-state index contributed by atoms with van der Waals surface area (Å²) in [5.74, 6) is -0.418. The van der Waals surface area contributed by atoms with Crippen LogP contribution in [0.2, 0.25) is 0 Å². The van der Waals surface area contributed by atoms with Gasteiger partial charge in [0, 0.05) is 17.4 Å². The number of hydrogen-bond donors (Lipinski definition) is 3. The van der Waals surface area contributed by atoms with Crippen molar-refractivity contribution in [2.24, 2.45) is 0 Å². The van der Waals surface area contributed by atoms with Gasteiger partial charge in [-0.25, -0.2) is 13.1 Å². The van der Waals surface area contributed by atoms with Crippen molar-refractivity contribution < 1.29 is 13.2 Å². The lowest BCUT2D eigenvalue weighted by atomic mass is 10.1. The van der Waals surface area contributed by atoms with Crippen molar-refractivity contribution in [2.75, 3.05) is 23.4 Å². The summed E-state index contributed by atoms with van der Waals surface area (Å²) in [5.41, 5.74) is 2.72. The molecule has 0 radical (unpaired) electrons. The van der Waals surface area contributed by atoms with Gasteiger partial charge in [0.1, 0.15) is 0 Å². The maximum Gasteiger partial charge on any atom is 0.239 e. The van der Waals surface area contributed by atoms with Gasteiger partial charge in [-0.3, -0.25) is 4.79 Å². The SMILES string of the molecule is CC(Nc1ccc(NC(=O)CNS(C)(=O)=O)cc1)c1ccccc1. The molecule has 1 unspecified atom stereocenters. The molecule has 0 aromatic heterocycles. The Morgan fingerprint density at radius 1 is 1.00 bits per heavy atom. The highest BCUT2D eigenvalue weighted by atomic mass is 32.2. The number of amides is 1. The highest BCUT2D eigenvalue weighted by Gasteiger charge is 2.07. The fourth-order valence-corrected chi connectivity index (χ4v) is 2.52. The van der Waals surface area contributed by atoms with Gasteiger partial charge in [0.25, 0.3) is 0 Å². The van der Waals surface area contributed by atoms with Crippen LogP contribution in [0.5, 0.6) is 0 Å². The van der Waals surface area contributed by atoms with E-state index >= 15 is 0 Å². The van der Waals surface area contributed by atoms with Crippen molar-refractivity contribution in [3.05, 3.63) is 60.2 Å². The number of benzene rings is 2. The van der Waals surface area contributed by atoms with Crippen LogP contribution < -0.4 is 15.4 Å². The predicted molar refractivity (Wildman–Crippen MR) is 96.4 cm³/mol. The van der Waals surface area contributed by atoms with E-state index in [1.165, 1.54) is 5.56 Å². The van der Waals surface area contributed by atoms with Gasteiger partial charge in [0.15, 0.2) is 0 Å². The third-order valence-electron chi connectivity index (χ3n) is 3.35. The minimum Gasteiger partial charge on any atom is -0.379 e. The van der Waals surface area contributed by atoms with E-state index in [0.717, 1.165) is 11.9 Å². The van der Waals surface area contributed by atoms with Crippen molar-refractivity contribution in [1.29, 1.82) is 0 Å². The molecule has 1 amide bonds. The van der Waals surface area contributed by atoms with E-state index in [1.807, 2.05) is 30.3 Å². The molecule has 3 N–H and O–H groups in total. The van der Waals surface area contributed by atoms with Crippen LogP contribution in [0.4, 0.5) is 11.4 Å². The van der Waals surface area contributed by atoms with Crippen LogP contribution in [-0.2, 0) is 14.8 Å². The summed E-state index contributed by atoms with van der Waals surface area (Å²) in [6.07, 6.45) is 1.01. The first-order chi connectivity index (χ1) is 11.3. The lowest BCUT2D eigenvalue weighted by Gasteiger charge is -2.16. The van der Waals surface area contributed by atoms with Crippen LogP contribution in [0, 0.1) is 0 Å². The average molecular weight is 347 g/mol. The number of carbonyl (C=O) groups excluding carboxylic acids is 1. The van der Waals surface area contributed by atoms with E-state index < -0.39 is 15.9 Å². The highest BCUT2D eigenvalue weighted by molar-refractivity contribution is 7.88. The largest absolute Gasteiger partial charge is 0.379 e. The molecule has 128 valence electrons. The smallest absolute Gasteiger partial charge is 0.239 e. The number of carbonyl (C=O) groups is 1. The Hall–Kier alpha value is -2.38. The molecule has 0 bridgehead atoms. The predicted octanol–water partition coefficient (Wildman–Crippen LogP) is 2.35.